The average Bonchev–Trinajstić information content (AvgIpc) is 3.41. The summed E-state index contributed by atoms with van der Waals surface area (Å²) in [7, 11) is 0. The maximum absolute atomic E-state index is 13.1. The highest BCUT2D eigenvalue weighted by molar-refractivity contribution is 5.76. The highest BCUT2D eigenvalue weighted by atomic mass is 16.7. The van der Waals surface area contributed by atoms with Crippen LogP contribution in [0.2, 0.25) is 0 Å². The standard InChI is InChI=1S/C66H119NO8/c1-3-5-7-9-11-13-15-17-19-21-23-24-25-26-27-28-29-30-31-32-33-34-35-36-38-39-41-43-45-47-49-51-53-55-60(69)59(58-74-66-65(73)64(72)63(71)61(57-68)75-66)67-62(70)56-54-52-50-48-46-44-42-40-37-22-20-18-16-14-12-10-8-6-4-2/h6,8,12,14,18,20,37,40,44,46,53,55,59-61,63-66,68-69,71-73H,3-5,7,9-11,13,15-17,19,21-36,38-39,41-43,45,47-52,54,56-58H2,1-2H3,(H,67,70)/b8-6-,14-12-,20-18-,40-37-,46-44-,55-53+. The van der Waals surface area contributed by atoms with Crippen molar-refractivity contribution >= 4 is 5.91 Å². The third-order valence-electron chi connectivity index (χ3n) is 14.8. The van der Waals surface area contributed by atoms with Gasteiger partial charge in [-0.2, -0.15) is 0 Å². The second-order valence-electron chi connectivity index (χ2n) is 21.8. The number of amides is 1. The van der Waals surface area contributed by atoms with Crippen LogP contribution in [-0.2, 0) is 14.3 Å². The molecule has 1 aliphatic rings. The zero-order chi connectivity index (χ0) is 54.3. The van der Waals surface area contributed by atoms with Crippen LogP contribution in [0.5, 0.6) is 0 Å². The molecule has 9 heteroatoms. The Morgan fingerprint density at radius 2 is 0.827 bits per heavy atom. The number of carbonyl (C=O) groups is 1. The van der Waals surface area contributed by atoms with Gasteiger partial charge in [-0.15, -0.1) is 0 Å². The Hall–Kier alpha value is -2.37. The van der Waals surface area contributed by atoms with E-state index in [-0.39, 0.29) is 12.5 Å². The Labute approximate surface area is 461 Å². The van der Waals surface area contributed by atoms with E-state index >= 15 is 0 Å². The number of ether oxygens (including phenoxy) is 2. The monoisotopic (exact) mass is 1050 g/mol. The SMILES string of the molecule is CC/C=C\C/C=C\C/C=C\C/C=C\C/C=C\CCCCCC(=O)NC(COC1OC(CO)C(O)C(O)C1O)C(O)/C=C/CCCCCCCCCCCCCCCCCCCCCCCCCCCCCCCCC. The fourth-order valence-electron chi connectivity index (χ4n) is 9.83. The van der Waals surface area contributed by atoms with Gasteiger partial charge in [0, 0.05) is 6.42 Å². The molecule has 0 bridgehead atoms. The molecule has 0 aromatic rings. The van der Waals surface area contributed by atoms with E-state index in [0.717, 1.165) is 70.6 Å². The van der Waals surface area contributed by atoms with Crippen molar-refractivity contribution in [3.8, 4) is 0 Å². The van der Waals surface area contributed by atoms with E-state index in [1.54, 1.807) is 6.08 Å². The van der Waals surface area contributed by atoms with Gasteiger partial charge in [0.25, 0.3) is 0 Å². The van der Waals surface area contributed by atoms with E-state index in [4.69, 9.17) is 9.47 Å². The van der Waals surface area contributed by atoms with Crippen LogP contribution in [-0.4, -0.2) is 87.5 Å². The fraction of sp³-hybridized carbons (Fsp3) is 0.803. The van der Waals surface area contributed by atoms with Crippen molar-refractivity contribution in [2.45, 2.75) is 326 Å². The number of hydrogen-bond acceptors (Lipinski definition) is 8. The van der Waals surface area contributed by atoms with Gasteiger partial charge in [0.2, 0.25) is 5.91 Å². The van der Waals surface area contributed by atoms with E-state index in [1.807, 2.05) is 6.08 Å². The Balaban J connectivity index is 2.17. The summed E-state index contributed by atoms with van der Waals surface area (Å²) in [5.74, 6) is -0.207. The average molecular weight is 1050 g/mol. The number of carbonyl (C=O) groups excluding carboxylic acids is 1. The first kappa shape index (κ1) is 70.6. The van der Waals surface area contributed by atoms with Gasteiger partial charge in [-0.05, 0) is 64.2 Å². The van der Waals surface area contributed by atoms with Crippen LogP contribution >= 0.6 is 0 Å². The molecule has 1 saturated heterocycles. The van der Waals surface area contributed by atoms with Gasteiger partial charge in [0.15, 0.2) is 6.29 Å². The lowest BCUT2D eigenvalue weighted by molar-refractivity contribution is -0.302. The summed E-state index contributed by atoms with van der Waals surface area (Å²) >= 11 is 0. The van der Waals surface area contributed by atoms with Crippen molar-refractivity contribution in [1.82, 2.24) is 5.32 Å². The first-order valence-electron chi connectivity index (χ1n) is 31.7. The molecule has 7 atom stereocenters. The molecular formula is C66H119NO8. The van der Waals surface area contributed by atoms with Gasteiger partial charge in [-0.3, -0.25) is 4.79 Å². The minimum absolute atomic E-state index is 0.205. The number of aliphatic hydroxyl groups is 5. The number of allylic oxidation sites excluding steroid dienone is 11. The molecule has 0 aromatic carbocycles. The Kier molecular flexibility index (Phi) is 51.8. The molecular weight excluding hydrogens is 935 g/mol. The van der Waals surface area contributed by atoms with E-state index < -0.39 is 49.5 Å². The van der Waals surface area contributed by atoms with Crippen LogP contribution in [0.25, 0.3) is 0 Å². The van der Waals surface area contributed by atoms with Crippen LogP contribution in [0.3, 0.4) is 0 Å². The smallest absolute Gasteiger partial charge is 0.220 e. The van der Waals surface area contributed by atoms with Crippen LogP contribution < -0.4 is 5.32 Å². The predicted molar refractivity (Wildman–Crippen MR) is 318 cm³/mol. The Morgan fingerprint density at radius 3 is 1.23 bits per heavy atom. The first-order valence-corrected chi connectivity index (χ1v) is 31.7. The number of rotatable bonds is 54. The van der Waals surface area contributed by atoms with Gasteiger partial charge >= 0.3 is 0 Å². The van der Waals surface area contributed by atoms with Gasteiger partial charge in [-0.25, -0.2) is 0 Å². The molecule has 9 nitrogen and oxygen atoms in total. The summed E-state index contributed by atoms with van der Waals surface area (Å²) in [5.41, 5.74) is 0. The minimum Gasteiger partial charge on any atom is -0.394 e. The quantitative estimate of drug-likeness (QED) is 0.0261. The minimum atomic E-state index is -1.58. The largest absolute Gasteiger partial charge is 0.394 e. The molecule has 1 fully saturated rings. The number of aliphatic hydroxyl groups excluding tert-OH is 5. The molecule has 1 heterocycles. The van der Waals surface area contributed by atoms with Crippen molar-refractivity contribution in [2.75, 3.05) is 13.2 Å². The summed E-state index contributed by atoms with van der Waals surface area (Å²) in [4.78, 5) is 13.1. The summed E-state index contributed by atoms with van der Waals surface area (Å²) in [6.45, 7) is 3.67. The third-order valence-corrected chi connectivity index (χ3v) is 14.8. The molecule has 75 heavy (non-hydrogen) atoms. The van der Waals surface area contributed by atoms with E-state index in [0.29, 0.717) is 12.8 Å². The fourth-order valence-corrected chi connectivity index (χ4v) is 9.83. The van der Waals surface area contributed by atoms with Gasteiger partial charge in [-0.1, -0.05) is 286 Å². The Bertz CT molecular complexity index is 1410. The number of unbranched alkanes of at least 4 members (excludes halogenated alkanes) is 34. The second kappa shape index (κ2) is 55.0. The van der Waals surface area contributed by atoms with E-state index in [9.17, 15) is 30.3 Å². The molecule has 0 aromatic heterocycles. The van der Waals surface area contributed by atoms with Gasteiger partial charge < -0.3 is 40.3 Å². The molecule has 0 saturated carbocycles. The lowest BCUT2D eigenvalue weighted by Gasteiger charge is -2.40. The van der Waals surface area contributed by atoms with E-state index in [2.05, 4.69) is 79.9 Å². The summed E-state index contributed by atoms with van der Waals surface area (Å²) in [5, 5.41) is 54.6. The molecule has 6 N–H and O–H groups in total. The number of hydrogen-bond donors (Lipinski definition) is 6. The van der Waals surface area contributed by atoms with Crippen molar-refractivity contribution < 1.29 is 39.8 Å². The maximum Gasteiger partial charge on any atom is 0.220 e. The van der Waals surface area contributed by atoms with Crippen LogP contribution in [0.15, 0.2) is 72.9 Å². The zero-order valence-electron chi connectivity index (χ0n) is 48.5. The van der Waals surface area contributed by atoms with Crippen molar-refractivity contribution in [1.29, 1.82) is 0 Å². The highest BCUT2D eigenvalue weighted by Crippen LogP contribution is 2.23. The summed E-state index contributed by atoms with van der Waals surface area (Å²) in [6, 6.07) is -0.828. The topological polar surface area (TPSA) is 149 Å². The molecule has 0 aliphatic carbocycles. The van der Waals surface area contributed by atoms with Gasteiger partial charge in [0.1, 0.15) is 24.4 Å². The molecule has 7 unspecified atom stereocenters. The van der Waals surface area contributed by atoms with Crippen LogP contribution in [0.1, 0.15) is 284 Å². The molecule has 0 radical (unpaired) electrons. The van der Waals surface area contributed by atoms with Crippen molar-refractivity contribution in [3.63, 3.8) is 0 Å². The molecule has 0 spiro atoms. The lowest BCUT2D eigenvalue weighted by Crippen LogP contribution is -2.60. The molecule has 1 amide bonds. The lowest BCUT2D eigenvalue weighted by atomic mass is 9.99. The number of nitrogens with one attached hydrogen (secondary N) is 1. The maximum atomic E-state index is 13.1. The predicted octanol–water partition coefficient (Wildman–Crippen LogP) is 16.4. The molecule has 1 rings (SSSR count). The van der Waals surface area contributed by atoms with E-state index in [1.165, 1.54) is 186 Å². The van der Waals surface area contributed by atoms with Crippen molar-refractivity contribution in [3.05, 3.63) is 72.9 Å². The molecule has 436 valence electrons. The summed E-state index contributed by atoms with van der Waals surface area (Å²) in [6.07, 6.45) is 70.0. The normalized spacial score (nSPS) is 19.4. The van der Waals surface area contributed by atoms with Crippen LogP contribution in [0.4, 0.5) is 0 Å². The van der Waals surface area contributed by atoms with Crippen molar-refractivity contribution in [2.24, 2.45) is 0 Å². The summed E-state index contributed by atoms with van der Waals surface area (Å²) < 4.78 is 11.3. The van der Waals surface area contributed by atoms with Crippen LogP contribution in [0, 0.1) is 0 Å². The highest BCUT2D eigenvalue weighted by Gasteiger charge is 2.44. The first-order chi connectivity index (χ1) is 36.8. The van der Waals surface area contributed by atoms with Gasteiger partial charge in [0.05, 0.1) is 25.4 Å². The zero-order valence-corrected chi connectivity index (χ0v) is 48.5. The third kappa shape index (κ3) is 44.2. The Morgan fingerprint density at radius 1 is 0.467 bits per heavy atom. The second-order valence-corrected chi connectivity index (χ2v) is 21.8. The molecule has 1 aliphatic heterocycles.